The summed E-state index contributed by atoms with van der Waals surface area (Å²) in [4.78, 5) is 17.7. The zero-order valence-electron chi connectivity index (χ0n) is 15.9. The molecule has 1 unspecified atom stereocenters. The number of carbonyl (C=O) groups excluding carboxylic acids is 1. The zero-order valence-corrected chi connectivity index (χ0v) is 16.8. The highest BCUT2D eigenvalue weighted by Gasteiger charge is 2.25. The third-order valence-corrected chi connectivity index (χ3v) is 5.74. The fourth-order valence-corrected chi connectivity index (χ4v) is 3.78. The van der Waals surface area contributed by atoms with Crippen molar-refractivity contribution in [2.45, 2.75) is 32.4 Å². The summed E-state index contributed by atoms with van der Waals surface area (Å²) in [5.74, 6) is 0.646. The maximum atomic E-state index is 12.1. The summed E-state index contributed by atoms with van der Waals surface area (Å²) in [5, 5.41) is 6.27. The Morgan fingerprint density at radius 1 is 1.30 bits per heavy atom. The normalized spacial score (nSPS) is 17.8. The molecule has 1 aliphatic rings. The first kappa shape index (κ1) is 21.2. The lowest BCUT2D eigenvalue weighted by atomic mass is 10.2. The van der Waals surface area contributed by atoms with Crippen LogP contribution in [0.4, 0.5) is 0 Å². The fourth-order valence-electron chi connectivity index (χ4n) is 2.88. The smallest absolute Gasteiger partial charge is 0.222 e. The van der Waals surface area contributed by atoms with Crippen LogP contribution in [0, 0.1) is 0 Å². The van der Waals surface area contributed by atoms with Gasteiger partial charge in [0.1, 0.15) is 0 Å². The van der Waals surface area contributed by atoms with Gasteiger partial charge in [0.15, 0.2) is 5.96 Å². The van der Waals surface area contributed by atoms with Crippen LogP contribution in [0.25, 0.3) is 0 Å². The Hall–Kier alpha value is -2.13. The number of sulfonamides is 1. The summed E-state index contributed by atoms with van der Waals surface area (Å²) in [5.41, 5.74) is 0.916. The molecule has 0 radical (unpaired) electrons. The van der Waals surface area contributed by atoms with Crippen molar-refractivity contribution >= 4 is 21.9 Å². The van der Waals surface area contributed by atoms with Crippen LogP contribution < -0.4 is 15.4 Å². The molecule has 1 aliphatic heterocycles. The zero-order chi connectivity index (χ0) is 19.7. The molecular weight excluding hydrogens is 366 g/mol. The molecule has 8 nitrogen and oxygen atoms in total. The van der Waals surface area contributed by atoms with Crippen molar-refractivity contribution in [3.05, 3.63) is 35.9 Å². The van der Waals surface area contributed by atoms with E-state index in [9.17, 15) is 13.2 Å². The number of nitrogens with one attached hydrogen (secondary N) is 3. The molecule has 27 heavy (non-hydrogen) atoms. The van der Waals surface area contributed by atoms with E-state index >= 15 is 0 Å². The van der Waals surface area contributed by atoms with Crippen LogP contribution in [0.15, 0.2) is 35.3 Å². The molecule has 1 saturated heterocycles. The van der Waals surface area contributed by atoms with Crippen LogP contribution >= 0.6 is 0 Å². The predicted octanol–water partition coefficient (Wildman–Crippen LogP) is 0.282. The first-order chi connectivity index (χ1) is 12.9. The summed E-state index contributed by atoms with van der Waals surface area (Å²) in [7, 11) is -1.74. The maximum absolute atomic E-state index is 12.1. The van der Waals surface area contributed by atoms with E-state index in [0.29, 0.717) is 18.9 Å². The standard InChI is InChI=1S/C18H29N5O3S/c1-3-17(24)23-11-9-16(14-23)22-18(19-2)20-10-12-27(25,26)21-13-15-7-5-4-6-8-15/h4-8,16,21H,3,9-14H2,1-2H3,(H2,19,20,22). The van der Waals surface area contributed by atoms with Gasteiger partial charge in [0.25, 0.3) is 0 Å². The fraction of sp³-hybridized carbons (Fsp3) is 0.556. The van der Waals surface area contributed by atoms with Crippen molar-refractivity contribution in [2.24, 2.45) is 4.99 Å². The number of guanidine groups is 1. The predicted molar refractivity (Wildman–Crippen MR) is 107 cm³/mol. The van der Waals surface area contributed by atoms with Gasteiger partial charge >= 0.3 is 0 Å². The molecule has 0 spiro atoms. The van der Waals surface area contributed by atoms with Crippen LogP contribution in [-0.4, -0.2) is 63.7 Å². The number of hydrogen-bond acceptors (Lipinski definition) is 4. The molecule has 0 saturated carbocycles. The van der Waals surface area contributed by atoms with Gasteiger partial charge in [-0.15, -0.1) is 0 Å². The quantitative estimate of drug-likeness (QED) is 0.433. The van der Waals surface area contributed by atoms with E-state index in [1.807, 2.05) is 42.2 Å². The lowest BCUT2D eigenvalue weighted by molar-refractivity contribution is -0.129. The van der Waals surface area contributed by atoms with Gasteiger partial charge in [-0.2, -0.15) is 0 Å². The summed E-state index contributed by atoms with van der Waals surface area (Å²) in [6, 6.07) is 9.52. The topological polar surface area (TPSA) is 103 Å². The van der Waals surface area contributed by atoms with E-state index in [2.05, 4.69) is 20.3 Å². The lowest BCUT2D eigenvalue weighted by Gasteiger charge is -2.18. The highest BCUT2D eigenvalue weighted by Crippen LogP contribution is 2.10. The Labute approximate surface area is 161 Å². The van der Waals surface area contributed by atoms with Crippen LogP contribution in [0.1, 0.15) is 25.3 Å². The van der Waals surface area contributed by atoms with Crippen molar-refractivity contribution in [1.82, 2.24) is 20.3 Å². The number of aliphatic imine (C=N–C) groups is 1. The van der Waals surface area contributed by atoms with Gasteiger partial charge in [-0.05, 0) is 12.0 Å². The van der Waals surface area contributed by atoms with Crippen LogP contribution in [0.2, 0.25) is 0 Å². The van der Waals surface area contributed by atoms with E-state index in [0.717, 1.165) is 18.5 Å². The highest BCUT2D eigenvalue weighted by atomic mass is 32.2. The second kappa shape index (κ2) is 10.3. The van der Waals surface area contributed by atoms with Crippen LogP contribution in [0.3, 0.4) is 0 Å². The molecule has 1 aromatic carbocycles. The molecule has 150 valence electrons. The second-order valence-electron chi connectivity index (χ2n) is 6.45. The number of hydrogen-bond donors (Lipinski definition) is 3. The monoisotopic (exact) mass is 395 g/mol. The van der Waals surface area contributed by atoms with Crippen molar-refractivity contribution in [1.29, 1.82) is 0 Å². The minimum absolute atomic E-state index is 0.0500. The maximum Gasteiger partial charge on any atom is 0.222 e. The van der Waals surface area contributed by atoms with Crippen molar-refractivity contribution in [3.63, 3.8) is 0 Å². The molecule has 1 fully saturated rings. The number of carbonyl (C=O) groups is 1. The SMILES string of the molecule is CCC(=O)N1CCC(NC(=NC)NCCS(=O)(=O)NCc2ccccc2)C1. The van der Waals surface area contributed by atoms with Gasteiger partial charge in [-0.1, -0.05) is 37.3 Å². The Balaban J connectivity index is 1.72. The Kier molecular flexibility index (Phi) is 8.05. The molecule has 2 rings (SSSR count). The molecule has 1 heterocycles. The molecule has 0 aromatic heterocycles. The third kappa shape index (κ3) is 7.18. The van der Waals surface area contributed by atoms with Crippen LogP contribution in [0.5, 0.6) is 0 Å². The Morgan fingerprint density at radius 2 is 2.04 bits per heavy atom. The third-order valence-electron chi connectivity index (χ3n) is 4.41. The van der Waals surface area contributed by atoms with E-state index in [1.54, 1.807) is 7.05 Å². The van der Waals surface area contributed by atoms with Crippen LogP contribution in [-0.2, 0) is 21.4 Å². The van der Waals surface area contributed by atoms with E-state index in [4.69, 9.17) is 0 Å². The largest absolute Gasteiger partial charge is 0.355 e. The van der Waals surface area contributed by atoms with Gasteiger partial charge in [-0.3, -0.25) is 9.79 Å². The number of nitrogens with zero attached hydrogens (tertiary/aromatic N) is 2. The summed E-state index contributed by atoms with van der Waals surface area (Å²) in [6.07, 6.45) is 1.36. The molecule has 1 amide bonds. The van der Waals surface area contributed by atoms with Gasteiger partial charge in [0.05, 0.1) is 5.75 Å². The first-order valence-corrected chi connectivity index (χ1v) is 10.8. The summed E-state index contributed by atoms with van der Waals surface area (Å²) in [6.45, 7) is 3.76. The van der Waals surface area contributed by atoms with Gasteiger partial charge in [0, 0.05) is 45.7 Å². The Morgan fingerprint density at radius 3 is 2.70 bits per heavy atom. The second-order valence-corrected chi connectivity index (χ2v) is 8.37. The van der Waals surface area contributed by atoms with Crippen molar-refractivity contribution in [3.8, 4) is 0 Å². The molecule has 1 aromatic rings. The Bertz CT molecular complexity index is 737. The molecule has 0 bridgehead atoms. The van der Waals surface area contributed by atoms with Gasteiger partial charge in [-0.25, -0.2) is 13.1 Å². The first-order valence-electron chi connectivity index (χ1n) is 9.19. The number of rotatable bonds is 8. The molecule has 9 heteroatoms. The average Bonchev–Trinajstić information content (AvgIpc) is 3.14. The minimum atomic E-state index is -3.38. The molecule has 3 N–H and O–H groups in total. The average molecular weight is 396 g/mol. The van der Waals surface area contributed by atoms with E-state index in [-0.39, 0.29) is 30.8 Å². The van der Waals surface area contributed by atoms with E-state index in [1.165, 1.54) is 0 Å². The van der Waals surface area contributed by atoms with Crippen molar-refractivity contribution in [2.75, 3.05) is 32.4 Å². The minimum Gasteiger partial charge on any atom is -0.355 e. The number of benzene rings is 1. The lowest BCUT2D eigenvalue weighted by Crippen LogP contribution is -2.46. The molecule has 0 aliphatic carbocycles. The van der Waals surface area contributed by atoms with Crippen molar-refractivity contribution < 1.29 is 13.2 Å². The van der Waals surface area contributed by atoms with Gasteiger partial charge in [0.2, 0.25) is 15.9 Å². The number of likely N-dealkylation sites (tertiary alicyclic amines) is 1. The highest BCUT2D eigenvalue weighted by molar-refractivity contribution is 7.89. The molecular formula is C18H29N5O3S. The van der Waals surface area contributed by atoms with Gasteiger partial charge < -0.3 is 15.5 Å². The van der Waals surface area contributed by atoms with E-state index < -0.39 is 10.0 Å². The summed E-state index contributed by atoms with van der Waals surface area (Å²) >= 11 is 0. The summed E-state index contributed by atoms with van der Waals surface area (Å²) < 4.78 is 26.8. The molecule has 1 atom stereocenters. The number of amides is 1.